The Morgan fingerprint density at radius 2 is 1.92 bits per heavy atom. The third-order valence-corrected chi connectivity index (χ3v) is 4.47. The standard InChI is InChI=1S/C16H16N6O4/c1-20-18-13(17-19-20)9-21-8-4-7-12(21)16(25)26-22-14(23)10-5-2-3-6-11(10)15(22)24/h2-3,5-6,12H,4,7-9H2,1H3/t12-/m0/s1. The number of carbonyl (C=O) groups is 3. The van der Waals surface area contributed by atoms with Crippen molar-refractivity contribution in [3.63, 3.8) is 0 Å². The van der Waals surface area contributed by atoms with Crippen LogP contribution in [0.1, 0.15) is 39.4 Å². The van der Waals surface area contributed by atoms with Crippen molar-refractivity contribution in [1.29, 1.82) is 0 Å². The molecule has 0 unspecified atom stereocenters. The number of tetrazole rings is 1. The second kappa shape index (κ2) is 6.30. The van der Waals surface area contributed by atoms with Crippen LogP contribution in [0.2, 0.25) is 0 Å². The van der Waals surface area contributed by atoms with Crippen molar-refractivity contribution in [2.24, 2.45) is 7.05 Å². The van der Waals surface area contributed by atoms with E-state index in [1.807, 2.05) is 4.90 Å². The average molecular weight is 356 g/mol. The van der Waals surface area contributed by atoms with Crippen molar-refractivity contribution in [2.75, 3.05) is 6.54 Å². The van der Waals surface area contributed by atoms with E-state index in [0.717, 1.165) is 6.42 Å². The molecule has 1 saturated heterocycles. The van der Waals surface area contributed by atoms with Crippen LogP contribution in [0.25, 0.3) is 0 Å². The molecular weight excluding hydrogens is 340 g/mol. The number of likely N-dealkylation sites (tertiary alicyclic amines) is 1. The summed E-state index contributed by atoms with van der Waals surface area (Å²) in [7, 11) is 1.66. The summed E-state index contributed by atoms with van der Waals surface area (Å²) in [5, 5.41) is 12.3. The minimum atomic E-state index is -0.638. The van der Waals surface area contributed by atoms with Crippen LogP contribution >= 0.6 is 0 Å². The fraction of sp³-hybridized carbons (Fsp3) is 0.375. The van der Waals surface area contributed by atoms with Gasteiger partial charge in [0.05, 0.1) is 24.7 Å². The second-order valence-electron chi connectivity index (χ2n) is 6.18. The number of benzene rings is 1. The lowest BCUT2D eigenvalue weighted by molar-refractivity contribution is -0.174. The zero-order valence-corrected chi connectivity index (χ0v) is 14.0. The van der Waals surface area contributed by atoms with Crippen molar-refractivity contribution in [3.05, 3.63) is 41.2 Å². The largest absolute Gasteiger partial charge is 0.350 e. The van der Waals surface area contributed by atoms with Gasteiger partial charge >= 0.3 is 5.97 Å². The number of amides is 2. The molecule has 2 aromatic rings. The van der Waals surface area contributed by atoms with E-state index in [4.69, 9.17) is 4.84 Å². The molecule has 2 amide bonds. The molecule has 1 atom stereocenters. The smallest absolute Gasteiger partial charge is 0.328 e. The maximum atomic E-state index is 12.6. The fourth-order valence-corrected chi connectivity index (χ4v) is 3.25. The van der Waals surface area contributed by atoms with Crippen LogP contribution < -0.4 is 0 Å². The SMILES string of the molecule is Cn1nnc(CN2CCC[C@H]2C(=O)ON2C(=O)c3ccccc3C2=O)n1. The van der Waals surface area contributed by atoms with Gasteiger partial charge in [0.1, 0.15) is 6.04 Å². The number of aryl methyl sites for hydroxylation is 1. The molecule has 1 aromatic carbocycles. The Kier molecular flexibility index (Phi) is 3.96. The Morgan fingerprint density at radius 3 is 2.54 bits per heavy atom. The first-order valence-corrected chi connectivity index (χ1v) is 8.21. The van der Waals surface area contributed by atoms with E-state index in [1.165, 1.54) is 16.9 Å². The number of fused-ring (bicyclic) bond motifs is 1. The monoisotopic (exact) mass is 356 g/mol. The second-order valence-corrected chi connectivity index (χ2v) is 6.18. The zero-order chi connectivity index (χ0) is 18.3. The van der Waals surface area contributed by atoms with Crippen molar-refractivity contribution < 1.29 is 19.2 Å². The zero-order valence-electron chi connectivity index (χ0n) is 14.0. The maximum absolute atomic E-state index is 12.6. The highest BCUT2D eigenvalue weighted by Gasteiger charge is 2.41. The van der Waals surface area contributed by atoms with Gasteiger partial charge in [-0.2, -0.15) is 4.80 Å². The molecule has 0 radical (unpaired) electrons. The highest BCUT2D eigenvalue weighted by atomic mass is 16.7. The Hall–Kier alpha value is -3.14. The molecule has 0 N–H and O–H groups in total. The number of hydroxylamine groups is 2. The van der Waals surface area contributed by atoms with Crippen LogP contribution in [-0.2, 0) is 23.2 Å². The molecule has 0 bridgehead atoms. The number of hydrogen-bond donors (Lipinski definition) is 0. The average Bonchev–Trinajstić information content (AvgIpc) is 3.32. The highest BCUT2D eigenvalue weighted by Crippen LogP contribution is 2.25. The van der Waals surface area contributed by atoms with Crippen molar-refractivity contribution in [3.8, 4) is 0 Å². The quantitative estimate of drug-likeness (QED) is 0.700. The first kappa shape index (κ1) is 16.3. The molecule has 4 rings (SSSR count). The predicted octanol–water partition coefficient (Wildman–Crippen LogP) is -0.0711. The lowest BCUT2D eigenvalue weighted by atomic mass is 10.1. The molecule has 1 fully saturated rings. The van der Waals surface area contributed by atoms with Gasteiger partial charge in [-0.3, -0.25) is 14.5 Å². The van der Waals surface area contributed by atoms with Gasteiger partial charge in [0.2, 0.25) is 0 Å². The van der Waals surface area contributed by atoms with Gasteiger partial charge in [0, 0.05) is 0 Å². The number of carbonyl (C=O) groups excluding carboxylic acids is 3. The third-order valence-electron chi connectivity index (χ3n) is 4.47. The van der Waals surface area contributed by atoms with Crippen LogP contribution in [0.3, 0.4) is 0 Å². The molecule has 0 saturated carbocycles. The number of aromatic nitrogens is 4. The Morgan fingerprint density at radius 1 is 1.23 bits per heavy atom. The Labute approximate surface area is 148 Å². The van der Waals surface area contributed by atoms with E-state index in [1.54, 1.807) is 19.2 Å². The van der Waals surface area contributed by atoms with Crippen LogP contribution in [0.5, 0.6) is 0 Å². The summed E-state index contributed by atoms with van der Waals surface area (Å²) >= 11 is 0. The normalized spacial score (nSPS) is 19.9. The van der Waals surface area contributed by atoms with E-state index in [-0.39, 0.29) is 11.1 Å². The van der Waals surface area contributed by atoms with E-state index in [2.05, 4.69) is 15.4 Å². The molecule has 134 valence electrons. The van der Waals surface area contributed by atoms with Gasteiger partial charge in [-0.1, -0.05) is 17.2 Å². The number of hydrogen-bond acceptors (Lipinski definition) is 8. The van der Waals surface area contributed by atoms with Gasteiger partial charge in [0.25, 0.3) is 11.8 Å². The molecular formula is C16H16N6O4. The van der Waals surface area contributed by atoms with Gasteiger partial charge in [0.15, 0.2) is 5.82 Å². The lowest BCUT2D eigenvalue weighted by Crippen LogP contribution is -2.42. The summed E-state index contributed by atoms with van der Waals surface area (Å²) in [5.74, 6) is -1.40. The number of nitrogens with zero attached hydrogens (tertiary/aromatic N) is 6. The molecule has 0 spiro atoms. The third kappa shape index (κ3) is 2.73. The summed E-state index contributed by atoms with van der Waals surface area (Å²) in [6.45, 7) is 1.01. The van der Waals surface area contributed by atoms with E-state index >= 15 is 0 Å². The maximum Gasteiger partial charge on any atom is 0.350 e. The Bertz CT molecular complexity index is 859. The number of imide groups is 1. The van der Waals surface area contributed by atoms with E-state index in [9.17, 15) is 14.4 Å². The molecule has 2 aliphatic rings. The molecule has 10 heteroatoms. The topological polar surface area (TPSA) is 111 Å². The van der Waals surface area contributed by atoms with Crippen molar-refractivity contribution >= 4 is 17.8 Å². The molecule has 1 aromatic heterocycles. The Balaban J connectivity index is 1.46. The lowest BCUT2D eigenvalue weighted by Gasteiger charge is -2.22. The van der Waals surface area contributed by atoms with Crippen molar-refractivity contribution in [1.82, 2.24) is 30.2 Å². The minimum absolute atomic E-state index is 0.234. The summed E-state index contributed by atoms with van der Waals surface area (Å²) in [5.41, 5.74) is 0.467. The highest BCUT2D eigenvalue weighted by molar-refractivity contribution is 6.20. The van der Waals surface area contributed by atoms with Gasteiger partial charge in [-0.25, -0.2) is 4.79 Å². The molecule has 10 nitrogen and oxygen atoms in total. The molecule has 0 aliphatic carbocycles. The summed E-state index contributed by atoms with van der Waals surface area (Å²) in [6.07, 6.45) is 1.37. The van der Waals surface area contributed by atoms with E-state index < -0.39 is 23.8 Å². The van der Waals surface area contributed by atoms with Gasteiger partial charge in [-0.15, -0.1) is 10.2 Å². The molecule has 3 heterocycles. The first-order valence-electron chi connectivity index (χ1n) is 8.21. The summed E-state index contributed by atoms with van der Waals surface area (Å²) in [6, 6.07) is 5.81. The van der Waals surface area contributed by atoms with Crippen molar-refractivity contribution in [2.45, 2.75) is 25.4 Å². The molecule has 2 aliphatic heterocycles. The van der Waals surface area contributed by atoms with E-state index in [0.29, 0.717) is 30.4 Å². The van der Waals surface area contributed by atoms with Crippen LogP contribution in [0.15, 0.2) is 24.3 Å². The van der Waals surface area contributed by atoms with Gasteiger partial charge in [-0.05, 0) is 36.7 Å². The molecule has 26 heavy (non-hydrogen) atoms. The minimum Gasteiger partial charge on any atom is -0.328 e. The van der Waals surface area contributed by atoms with Crippen LogP contribution in [0.4, 0.5) is 0 Å². The predicted molar refractivity (Wildman–Crippen MR) is 85.3 cm³/mol. The first-order chi connectivity index (χ1) is 12.5. The fourth-order valence-electron chi connectivity index (χ4n) is 3.25. The van der Waals surface area contributed by atoms with Gasteiger partial charge < -0.3 is 4.84 Å². The van der Waals surface area contributed by atoms with Crippen LogP contribution in [-0.4, -0.2) is 60.5 Å². The number of rotatable bonds is 4. The summed E-state index contributed by atoms with van der Waals surface area (Å²) in [4.78, 5) is 45.6. The van der Waals surface area contributed by atoms with Crippen LogP contribution in [0, 0.1) is 0 Å². The summed E-state index contributed by atoms with van der Waals surface area (Å²) < 4.78 is 0.